The molecule has 0 atom stereocenters. The van der Waals surface area contributed by atoms with Crippen LogP contribution in [0.5, 0.6) is 5.75 Å². The molecule has 0 saturated carbocycles. The lowest BCUT2D eigenvalue weighted by molar-refractivity contribution is 0.0954. The van der Waals surface area contributed by atoms with Crippen LogP contribution in [0.15, 0.2) is 59.5 Å². The molecular weight excluding hydrogens is 366 g/mol. The van der Waals surface area contributed by atoms with Gasteiger partial charge in [0.25, 0.3) is 11.3 Å². The molecule has 0 aliphatic carbocycles. The van der Waals surface area contributed by atoms with Gasteiger partial charge in [-0.2, -0.15) is 5.10 Å². The zero-order valence-electron chi connectivity index (χ0n) is 17.1. The van der Waals surface area contributed by atoms with E-state index in [9.17, 15) is 14.7 Å². The molecule has 2 aromatic carbocycles. The lowest BCUT2D eigenvalue weighted by Crippen LogP contribution is -2.29. The molecule has 1 heterocycles. The fourth-order valence-corrected chi connectivity index (χ4v) is 3.14. The minimum absolute atomic E-state index is 0.0751. The maximum atomic E-state index is 12.0. The number of nitrogens with one attached hydrogen (secondary N) is 1. The second-order valence-electron chi connectivity index (χ2n) is 7.95. The first-order chi connectivity index (χ1) is 13.7. The largest absolute Gasteiger partial charge is 0.503 e. The Morgan fingerprint density at radius 2 is 1.76 bits per heavy atom. The van der Waals surface area contributed by atoms with Crippen molar-refractivity contribution in [2.45, 2.75) is 32.7 Å². The predicted molar refractivity (Wildman–Crippen MR) is 113 cm³/mol. The lowest BCUT2D eigenvalue weighted by Gasteiger charge is -2.19. The average molecular weight is 391 g/mol. The summed E-state index contributed by atoms with van der Waals surface area (Å²) < 4.78 is 1.41. The smallest absolute Gasteiger partial charge is 0.275 e. The summed E-state index contributed by atoms with van der Waals surface area (Å²) in [4.78, 5) is 23.9. The molecule has 0 spiro atoms. The summed E-state index contributed by atoms with van der Waals surface area (Å²) in [6.07, 6.45) is 1.24. The number of aromatic hydroxyl groups is 1. The summed E-state index contributed by atoms with van der Waals surface area (Å²) in [5.41, 5.74) is 3.24. The van der Waals surface area contributed by atoms with Gasteiger partial charge in [-0.25, -0.2) is 0 Å². The van der Waals surface area contributed by atoms with Crippen LogP contribution in [0.1, 0.15) is 42.4 Å². The van der Waals surface area contributed by atoms with Crippen LogP contribution >= 0.6 is 0 Å². The zero-order chi connectivity index (χ0) is 21.2. The van der Waals surface area contributed by atoms with Crippen molar-refractivity contribution in [2.75, 3.05) is 7.05 Å². The highest BCUT2D eigenvalue weighted by Gasteiger charge is 2.17. The summed E-state index contributed by atoms with van der Waals surface area (Å²) in [5, 5.41) is 16.4. The van der Waals surface area contributed by atoms with E-state index in [0.717, 1.165) is 16.7 Å². The van der Waals surface area contributed by atoms with E-state index in [-0.39, 0.29) is 11.1 Å². The van der Waals surface area contributed by atoms with Crippen molar-refractivity contribution in [1.29, 1.82) is 0 Å². The Morgan fingerprint density at radius 3 is 2.38 bits per heavy atom. The summed E-state index contributed by atoms with van der Waals surface area (Å²) in [6.45, 7) is 6.83. The molecule has 0 bridgehead atoms. The van der Waals surface area contributed by atoms with E-state index in [1.165, 1.54) is 23.5 Å². The summed E-state index contributed by atoms with van der Waals surface area (Å²) >= 11 is 0. The fourth-order valence-electron chi connectivity index (χ4n) is 3.14. The van der Waals surface area contributed by atoms with E-state index in [1.807, 2.05) is 24.3 Å². The van der Waals surface area contributed by atoms with E-state index in [0.29, 0.717) is 6.54 Å². The molecule has 29 heavy (non-hydrogen) atoms. The number of aromatic nitrogens is 2. The van der Waals surface area contributed by atoms with E-state index in [2.05, 4.69) is 55.5 Å². The molecular formula is C23H25N3O3. The number of hydrogen-bond acceptors (Lipinski definition) is 4. The Hall–Kier alpha value is -3.41. The number of carbonyl (C=O) groups is 1. The second-order valence-corrected chi connectivity index (χ2v) is 7.95. The third-order valence-electron chi connectivity index (χ3n) is 4.80. The molecule has 2 N–H and O–H groups in total. The van der Waals surface area contributed by atoms with Gasteiger partial charge < -0.3 is 10.4 Å². The van der Waals surface area contributed by atoms with Gasteiger partial charge in [0.05, 0.1) is 12.7 Å². The van der Waals surface area contributed by atoms with Gasteiger partial charge in [0.15, 0.2) is 11.4 Å². The van der Waals surface area contributed by atoms with Gasteiger partial charge in [-0.15, -0.1) is 0 Å². The predicted octanol–water partition coefficient (Wildman–Crippen LogP) is 3.32. The normalized spacial score (nSPS) is 11.3. The van der Waals surface area contributed by atoms with Gasteiger partial charge in [0, 0.05) is 7.05 Å². The number of amides is 1. The fraction of sp³-hybridized carbons (Fsp3) is 0.261. The maximum absolute atomic E-state index is 12.0. The number of carbonyl (C=O) groups excluding carboxylic acids is 1. The van der Waals surface area contributed by atoms with Gasteiger partial charge in [-0.1, -0.05) is 69.3 Å². The van der Waals surface area contributed by atoms with Crippen LogP contribution in [0.3, 0.4) is 0 Å². The molecule has 6 nitrogen and oxygen atoms in total. The molecule has 0 unspecified atom stereocenters. The topological polar surface area (TPSA) is 84.2 Å². The molecule has 0 aliphatic heterocycles. The first-order valence-corrected chi connectivity index (χ1v) is 9.42. The summed E-state index contributed by atoms with van der Waals surface area (Å²) in [6, 6.07) is 16.3. The average Bonchev–Trinajstić information content (AvgIpc) is 2.70. The van der Waals surface area contributed by atoms with Crippen LogP contribution in [0.4, 0.5) is 0 Å². The monoisotopic (exact) mass is 391 g/mol. The Kier molecular flexibility index (Phi) is 5.55. The van der Waals surface area contributed by atoms with Gasteiger partial charge in [0.1, 0.15) is 0 Å². The highest BCUT2D eigenvalue weighted by molar-refractivity contribution is 5.92. The van der Waals surface area contributed by atoms with Gasteiger partial charge in [-0.05, 0) is 27.7 Å². The summed E-state index contributed by atoms with van der Waals surface area (Å²) in [7, 11) is 1.41. The molecule has 3 rings (SSSR count). The molecule has 1 aromatic heterocycles. The number of nitrogens with zero attached hydrogens (tertiary/aromatic N) is 2. The Bertz CT molecular complexity index is 1090. The third kappa shape index (κ3) is 4.37. The first kappa shape index (κ1) is 20.3. The molecule has 0 radical (unpaired) electrons. The Morgan fingerprint density at radius 1 is 1.10 bits per heavy atom. The van der Waals surface area contributed by atoms with Crippen molar-refractivity contribution in [2.24, 2.45) is 0 Å². The van der Waals surface area contributed by atoms with Crippen LogP contribution in [0, 0.1) is 0 Å². The van der Waals surface area contributed by atoms with Crippen LogP contribution < -0.4 is 10.7 Å². The molecule has 3 aromatic rings. The third-order valence-corrected chi connectivity index (χ3v) is 4.80. The first-order valence-electron chi connectivity index (χ1n) is 9.42. The Labute approximate surface area is 169 Å². The van der Waals surface area contributed by atoms with Crippen molar-refractivity contribution < 1.29 is 9.90 Å². The quantitative estimate of drug-likeness (QED) is 0.715. The van der Waals surface area contributed by atoms with Crippen molar-refractivity contribution in [3.63, 3.8) is 0 Å². The van der Waals surface area contributed by atoms with Crippen LogP contribution in [0.25, 0.3) is 11.1 Å². The molecule has 0 aliphatic rings. The highest BCUT2D eigenvalue weighted by atomic mass is 16.3. The van der Waals surface area contributed by atoms with Crippen LogP contribution in [0.2, 0.25) is 0 Å². The van der Waals surface area contributed by atoms with Gasteiger partial charge in [0.2, 0.25) is 0 Å². The maximum Gasteiger partial charge on any atom is 0.275 e. The van der Waals surface area contributed by atoms with Crippen molar-refractivity contribution >= 4 is 5.91 Å². The molecule has 150 valence electrons. The van der Waals surface area contributed by atoms with E-state index in [4.69, 9.17) is 0 Å². The van der Waals surface area contributed by atoms with Crippen LogP contribution in [-0.2, 0) is 12.0 Å². The van der Waals surface area contributed by atoms with Crippen molar-refractivity contribution in [3.05, 3.63) is 81.8 Å². The van der Waals surface area contributed by atoms with Crippen molar-refractivity contribution in [1.82, 2.24) is 15.1 Å². The number of rotatable bonds is 4. The molecule has 0 saturated heterocycles. The van der Waals surface area contributed by atoms with Crippen LogP contribution in [-0.4, -0.2) is 27.8 Å². The standard InChI is InChI=1S/C23H25N3O3/c1-23(2,3)17-11-9-15(10-12-17)18-8-6-5-7-16(18)13-26-14-19(27)21(28)20(25-26)22(29)24-4/h5-12,14,27H,13H2,1-4H3,(H,24,29). The lowest BCUT2D eigenvalue weighted by atomic mass is 9.86. The van der Waals surface area contributed by atoms with Gasteiger partial charge in [-0.3, -0.25) is 14.3 Å². The van der Waals surface area contributed by atoms with Crippen molar-refractivity contribution in [3.8, 4) is 16.9 Å². The molecule has 0 fully saturated rings. The summed E-state index contributed by atoms with van der Waals surface area (Å²) in [5.74, 6) is -1.14. The molecule has 1 amide bonds. The number of benzene rings is 2. The van der Waals surface area contributed by atoms with E-state index < -0.39 is 17.1 Å². The SMILES string of the molecule is CNC(=O)c1nn(Cc2ccccc2-c2ccc(C(C)(C)C)cc2)cc(O)c1=O. The zero-order valence-corrected chi connectivity index (χ0v) is 17.1. The van der Waals surface area contributed by atoms with E-state index >= 15 is 0 Å². The minimum atomic E-state index is -0.786. The second kappa shape index (κ2) is 7.91. The highest BCUT2D eigenvalue weighted by Crippen LogP contribution is 2.28. The van der Waals surface area contributed by atoms with E-state index in [1.54, 1.807) is 0 Å². The number of hydrogen-bond donors (Lipinski definition) is 2. The molecule has 6 heteroatoms. The van der Waals surface area contributed by atoms with Gasteiger partial charge >= 0.3 is 0 Å². The Balaban J connectivity index is 2.00. The minimum Gasteiger partial charge on any atom is -0.503 e.